The molecule has 4 heteroatoms. The van der Waals surface area contributed by atoms with E-state index in [1.54, 1.807) is 0 Å². The van der Waals surface area contributed by atoms with Gasteiger partial charge in [0, 0.05) is 31.8 Å². The van der Waals surface area contributed by atoms with Gasteiger partial charge in [-0.05, 0) is 91.6 Å². The van der Waals surface area contributed by atoms with E-state index in [0.717, 1.165) is 74.9 Å². The standard InChI is InChI=1S/C46H32O2P2/c47-49(41-13-5-1-6-14-41,42-15-7-2-8-16-42)45-23-21-33-25-35-28-38-30-40-32-46(24-22-34(40)26-36(38)27-37(35)29-39(33)31-45)50(48,43-17-9-3-10-18-43)44-19-11-4-12-20-44/h1-32H. The van der Waals surface area contributed by atoms with Gasteiger partial charge in [-0.1, -0.05) is 146 Å². The summed E-state index contributed by atoms with van der Waals surface area (Å²) in [5.41, 5.74) is 0. The van der Waals surface area contributed by atoms with E-state index in [1.807, 2.05) is 133 Å². The van der Waals surface area contributed by atoms with E-state index in [4.69, 9.17) is 0 Å². The Kier molecular flexibility index (Phi) is 7.40. The molecule has 9 aromatic carbocycles. The lowest BCUT2D eigenvalue weighted by atomic mass is 9.97. The molecule has 0 atom stereocenters. The maximum absolute atomic E-state index is 15.1. The molecular formula is C46H32O2P2. The van der Waals surface area contributed by atoms with Gasteiger partial charge in [0.25, 0.3) is 0 Å². The van der Waals surface area contributed by atoms with Crippen molar-refractivity contribution >= 4 is 89.2 Å². The summed E-state index contributed by atoms with van der Waals surface area (Å²) in [7, 11) is -6.17. The highest BCUT2D eigenvalue weighted by Gasteiger charge is 2.31. The van der Waals surface area contributed by atoms with Crippen LogP contribution in [0.1, 0.15) is 0 Å². The number of hydrogen-bond donors (Lipinski definition) is 0. The van der Waals surface area contributed by atoms with E-state index in [0.29, 0.717) is 0 Å². The maximum Gasteiger partial charge on any atom is 0.171 e. The molecule has 0 radical (unpaired) electrons. The molecule has 0 aliphatic rings. The molecule has 238 valence electrons. The Morgan fingerprint density at radius 2 is 0.460 bits per heavy atom. The third kappa shape index (κ3) is 5.04. The molecule has 0 spiro atoms. The minimum absolute atomic E-state index is 0.827. The van der Waals surface area contributed by atoms with E-state index in [9.17, 15) is 0 Å². The molecule has 0 bridgehead atoms. The zero-order valence-electron chi connectivity index (χ0n) is 27.2. The van der Waals surface area contributed by atoms with E-state index in [-0.39, 0.29) is 0 Å². The minimum Gasteiger partial charge on any atom is -0.309 e. The molecule has 0 saturated carbocycles. The van der Waals surface area contributed by atoms with Crippen LogP contribution in [0.15, 0.2) is 194 Å². The molecule has 0 amide bonds. The second-order valence-electron chi connectivity index (χ2n) is 12.9. The molecule has 0 unspecified atom stereocenters. The quantitative estimate of drug-likeness (QED) is 0.130. The molecule has 50 heavy (non-hydrogen) atoms. The first-order valence-electron chi connectivity index (χ1n) is 16.8. The highest BCUT2D eigenvalue weighted by Crippen LogP contribution is 2.44. The van der Waals surface area contributed by atoms with Gasteiger partial charge < -0.3 is 9.13 Å². The van der Waals surface area contributed by atoms with E-state index >= 15 is 9.13 Å². The lowest BCUT2D eigenvalue weighted by Gasteiger charge is -2.20. The first-order chi connectivity index (χ1) is 24.5. The van der Waals surface area contributed by atoms with Crippen LogP contribution in [0.2, 0.25) is 0 Å². The summed E-state index contributed by atoms with van der Waals surface area (Å²) in [4.78, 5) is 0. The molecule has 0 aliphatic carbocycles. The topological polar surface area (TPSA) is 34.1 Å². The van der Waals surface area contributed by atoms with Crippen LogP contribution in [-0.4, -0.2) is 0 Å². The van der Waals surface area contributed by atoms with Crippen molar-refractivity contribution < 1.29 is 9.13 Å². The molecular weight excluding hydrogens is 646 g/mol. The lowest BCUT2D eigenvalue weighted by Crippen LogP contribution is -2.24. The molecule has 9 rings (SSSR count). The number of fused-ring (bicyclic) bond motifs is 4. The van der Waals surface area contributed by atoms with Crippen molar-refractivity contribution in [2.24, 2.45) is 0 Å². The normalized spacial score (nSPS) is 12.2. The SMILES string of the molecule is O=P(c1ccccc1)(c1ccccc1)c1ccc2cc3cc4cc5cc(P(=O)(c6ccccc6)c6ccccc6)ccc5cc4cc3cc2c1. The minimum atomic E-state index is -3.08. The second kappa shape index (κ2) is 12.1. The zero-order valence-corrected chi connectivity index (χ0v) is 29.0. The highest BCUT2D eigenvalue weighted by molar-refractivity contribution is 7.85. The van der Waals surface area contributed by atoms with Crippen LogP contribution in [0.25, 0.3) is 43.1 Å². The van der Waals surface area contributed by atoms with Crippen molar-refractivity contribution in [2.75, 3.05) is 0 Å². The largest absolute Gasteiger partial charge is 0.309 e. The van der Waals surface area contributed by atoms with Crippen LogP contribution in [-0.2, 0) is 9.13 Å². The van der Waals surface area contributed by atoms with Crippen molar-refractivity contribution in [1.82, 2.24) is 0 Å². The van der Waals surface area contributed by atoms with Crippen LogP contribution in [0.5, 0.6) is 0 Å². The zero-order chi connectivity index (χ0) is 33.7. The van der Waals surface area contributed by atoms with Gasteiger partial charge in [0.1, 0.15) is 0 Å². The van der Waals surface area contributed by atoms with Gasteiger partial charge in [0.2, 0.25) is 0 Å². The van der Waals surface area contributed by atoms with Gasteiger partial charge >= 0.3 is 0 Å². The van der Waals surface area contributed by atoms with Crippen LogP contribution in [0.4, 0.5) is 0 Å². The molecule has 0 aromatic heterocycles. The third-order valence-electron chi connectivity index (χ3n) is 9.88. The first-order valence-corrected chi connectivity index (χ1v) is 20.2. The third-order valence-corrected chi connectivity index (χ3v) is 16.0. The fraction of sp³-hybridized carbons (Fsp3) is 0. The number of rotatable bonds is 6. The van der Waals surface area contributed by atoms with Gasteiger partial charge in [-0.25, -0.2) is 0 Å². The summed E-state index contributed by atoms with van der Waals surface area (Å²) in [6.45, 7) is 0. The average Bonchev–Trinajstić information content (AvgIpc) is 3.18. The van der Waals surface area contributed by atoms with Crippen LogP contribution < -0.4 is 31.8 Å². The summed E-state index contributed by atoms with van der Waals surface area (Å²) >= 11 is 0. The molecule has 0 aliphatic heterocycles. The Morgan fingerprint density at radius 3 is 0.740 bits per heavy atom. The van der Waals surface area contributed by atoms with Gasteiger partial charge in [0.15, 0.2) is 14.3 Å². The van der Waals surface area contributed by atoms with Gasteiger partial charge in [-0.2, -0.15) is 0 Å². The Bertz CT molecular complexity index is 2510. The summed E-state index contributed by atoms with van der Waals surface area (Å²) in [5.74, 6) is 0. The van der Waals surface area contributed by atoms with Crippen molar-refractivity contribution in [2.45, 2.75) is 0 Å². The van der Waals surface area contributed by atoms with Crippen LogP contribution in [0.3, 0.4) is 0 Å². The van der Waals surface area contributed by atoms with Crippen LogP contribution >= 0.6 is 14.3 Å². The van der Waals surface area contributed by atoms with E-state index < -0.39 is 14.3 Å². The second-order valence-corrected chi connectivity index (χ2v) is 18.4. The smallest absolute Gasteiger partial charge is 0.171 e. The van der Waals surface area contributed by atoms with Crippen LogP contribution in [0, 0.1) is 0 Å². The van der Waals surface area contributed by atoms with Gasteiger partial charge in [-0.15, -0.1) is 0 Å². The Labute approximate surface area is 291 Å². The molecule has 0 N–H and O–H groups in total. The predicted octanol–water partition coefficient (Wildman–Crippen LogP) is 9.58. The summed E-state index contributed by atoms with van der Waals surface area (Å²) in [6, 6.07) is 65.2. The fourth-order valence-corrected chi connectivity index (χ4v) is 12.7. The summed E-state index contributed by atoms with van der Waals surface area (Å²) in [6.07, 6.45) is 0. The van der Waals surface area contributed by atoms with Crippen molar-refractivity contribution in [1.29, 1.82) is 0 Å². The molecule has 0 saturated heterocycles. The maximum atomic E-state index is 15.1. The number of benzene rings is 9. The Morgan fingerprint density at radius 1 is 0.220 bits per heavy atom. The highest BCUT2D eigenvalue weighted by atomic mass is 31.2. The molecule has 0 heterocycles. The van der Waals surface area contributed by atoms with E-state index in [1.165, 1.54) is 0 Å². The van der Waals surface area contributed by atoms with Crippen molar-refractivity contribution in [3.05, 3.63) is 194 Å². The first kappa shape index (κ1) is 30.5. The summed E-state index contributed by atoms with van der Waals surface area (Å²) < 4.78 is 30.1. The monoisotopic (exact) mass is 678 g/mol. The Balaban J connectivity index is 1.17. The molecule has 0 fully saturated rings. The average molecular weight is 679 g/mol. The predicted molar refractivity (Wildman–Crippen MR) is 215 cm³/mol. The van der Waals surface area contributed by atoms with Crippen molar-refractivity contribution in [3.8, 4) is 0 Å². The van der Waals surface area contributed by atoms with Gasteiger partial charge in [-0.3, -0.25) is 0 Å². The summed E-state index contributed by atoms with van der Waals surface area (Å²) in [5, 5.41) is 13.8. The molecule has 2 nitrogen and oxygen atoms in total. The van der Waals surface area contributed by atoms with Crippen molar-refractivity contribution in [3.63, 3.8) is 0 Å². The lowest BCUT2D eigenvalue weighted by molar-refractivity contribution is 0.591. The Hall–Kier alpha value is -5.52. The van der Waals surface area contributed by atoms with E-state index in [2.05, 4.69) is 60.7 Å². The van der Waals surface area contributed by atoms with Gasteiger partial charge in [0.05, 0.1) is 0 Å². The molecule has 9 aromatic rings. The fourth-order valence-electron chi connectivity index (χ4n) is 7.31. The number of hydrogen-bond acceptors (Lipinski definition) is 2.